The lowest BCUT2D eigenvalue weighted by Gasteiger charge is -2.01. The fourth-order valence-corrected chi connectivity index (χ4v) is 1.24. The summed E-state index contributed by atoms with van der Waals surface area (Å²) in [5.41, 5.74) is 0. The normalized spacial score (nSPS) is 10.7. The number of aromatic hydroxyl groups is 2. The van der Waals surface area contributed by atoms with Gasteiger partial charge in [-0.05, 0) is 11.5 Å². The topological polar surface area (TPSA) is 115 Å². The molecular weight excluding hydrogens is 248 g/mol. The number of fused-ring (bicyclic) bond motifs is 1. The van der Waals surface area contributed by atoms with Crippen LogP contribution < -0.4 is 0 Å². The van der Waals surface area contributed by atoms with Gasteiger partial charge in [-0.2, -0.15) is 8.42 Å². The van der Waals surface area contributed by atoms with Crippen LogP contribution in [0.4, 0.5) is 0 Å². The minimum atomic E-state index is -4.67. The zero-order valence-corrected chi connectivity index (χ0v) is 9.29. The molecule has 2 aromatic carbocycles. The lowest BCUT2D eigenvalue weighted by molar-refractivity contribution is 0.381. The number of benzene rings is 2. The largest absolute Gasteiger partial charge is 0.504 e. The van der Waals surface area contributed by atoms with Crippen molar-refractivity contribution in [3.8, 4) is 11.5 Å². The third-order valence-electron chi connectivity index (χ3n) is 1.88. The maximum Gasteiger partial charge on any atom is 0.394 e. The Bertz CT molecular complexity index is 612. The second kappa shape index (κ2) is 5.00. The van der Waals surface area contributed by atoms with Crippen LogP contribution in [0.15, 0.2) is 36.4 Å². The zero-order chi connectivity index (χ0) is 13.1. The van der Waals surface area contributed by atoms with E-state index < -0.39 is 10.4 Å². The predicted octanol–water partition coefficient (Wildman–Crippen LogP) is 1.60. The Balaban J connectivity index is 0.000000249. The summed E-state index contributed by atoms with van der Waals surface area (Å²) >= 11 is 0. The first-order valence-electron chi connectivity index (χ1n) is 4.38. The van der Waals surface area contributed by atoms with Gasteiger partial charge >= 0.3 is 10.4 Å². The summed E-state index contributed by atoms with van der Waals surface area (Å²) in [4.78, 5) is 0. The molecule has 0 aromatic heterocycles. The zero-order valence-electron chi connectivity index (χ0n) is 8.48. The minimum Gasteiger partial charge on any atom is -0.504 e. The summed E-state index contributed by atoms with van der Waals surface area (Å²) < 4.78 is 31.6. The van der Waals surface area contributed by atoms with Gasteiger partial charge < -0.3 is 10.2 Å². The fraction of sp³-hybridized carbons (Fsp3) is 0. The molecule has 2 aromatic rings. The van der Waals surface area contributed by atoms with Crippen molar-refractivity contribution in [2.75, 3.05) is 0 Å². The summed E-state index contributed by atoms with van der Waals surface area (Å²) in [6.07, 6.45) is 0. The van der Waals surface area contributed by atoms with Crippen molar-refractivity contribution in [2.24, 2.45) is 0 Å². The van der Waals surface area contributed by atoms with E-state index in [2.05, 4.69) is 0 Å². The van der Waals surface area contributed by atoms with Crippen LogP contribution >= 0.6 is 0 Å². The fourth-order valence-electron chi connectivity index (χ4n) is 1.24. The van der Waals surface area contributed by atoms with Gasteiger partial charge in [-0.3, -0.25) is 9.11 Å². The number of phenols is 2. The van der Waals surface area contributed by atoms with E-state index in [1.165, 1.54) is 6.07 Å². The van der Waals surface area contributed by atoms with E-state index in [-0.39, 0.29) is 11.5 Å². The highest BCUT2D eigenvalue weighted by Crippen LogP contribution is 2.32. The molecule has 17 heavy (non-hydrogen) atoms. The molecule has 0 bridgehead atoms. The average Bonchev–Trinajstić information content (AvgIpc) is 2.22. The van der Waals surface area contributed by atoms with Gasteiger partial charge in [-0.1, -0.05) is 30.3 Å². The van der Waals surface area contributed by atoms with E-state index >= 15 is 0 Å². The van der Waals surface area contributed by atoms with Crippen molar-refractivity contribution >= 4 is 21.2 Å². The van der Waals surface area contributed by atoms with Gasteiger partial charge in [-0.15, -0.1) is 0 Å². The molecule has 7 heteroatoms. The molecule has 92 valence electrons. The molecule has 0 aliphatic heterocycles. The van der Waals surface area contributed by atoms with E-state index in [4.69, 9.17) is 22.6 Å². The number of rotatable bonds is 0. The average molecular weight is 258 g/mol. The van der Waals surface area contributed by atoms with Crippen molar-refractivity contribution in [2.45, 2.75) is 0 Å². The van der Waals surface area contributed by atoms with Crippen molar-refractivity contribution < 1.29 is 27.7 Å². The van der Waals surface area contributed by atoms with Crippen LogP contribution in [0.25, 0.3) is 10.8 Å². The van der Waals surface area contributed by atoms with Crippen molar-refractivity contribution in [1.82, 2.24) is 0 Å². The van der Waals surface area contributed by atoms with Gasteiger partial charge in [0.1, 0.15) is 0 Å². The molecule has 0 atom stereocenters. The molecular formula is C10H10O6S. The molecule has 4 N–H and O–H groups in total. The van der Waals surface area contributed by atoms with Crippen molar-refractivity contribution in [3.63, 3.8) is 0 Å². The Morgan fingerprint density at radius 3 is 2.00 bits per heavy atom. The summed E-state index contributed by atoms with van der Waals surface area (Å²) in [6, 6.07) is 10.6. The molecule has 2 rings (SSSR count). The van der Waals surface area contributed by atoms with Crippen LogP contribution in [0.2, 0.25) is 0 Å². The van der Waals surface area contributed by atoms with Crippen LogP contribution in [0.1, 0.15) is 0 Å². The Labute approximate surface area is 97.3 Å². The molecule has 0 saturated heterocycles. The molecule has 0 fully saturated rings. The van der Waals surface area contributed by atoms with Crippen molar-refractivity contribution in [3.05, 3.63) is 36.4 Å². The second-order valence-electron chi connectivity index (χ2n) is 3.10. The molecule has 0 spiro atoms. The van der Waals surface area contributed by atoms with Crippen LogP contribution in [0.3, 0.4) is 0 Å². The van der Waals surface area contributed by atoms with Gasteiger partial charge in [0.25, 0.3) is 0 Å². The van der Waals surface area contributed by atoms with E-state index in [1.54, 1.807) is 12.1 Å². The minimum absolute atomic E-state index is 0.0481. The van der Waals surface area contributed by atoms with E-state index in [0.29, 0.717) is 5.39 Å². The number of hydrogen-bond donors (Lipinski definition) is 4. The summed E-state index contributed by atoms with van der Waals surface area (Å²) in [6.45, 7) is 0. The Hall–Kier alpha value is -1.83. The van der Waals surface area contributed by atoms with Gasteiger partial charge in [0, 0.05) is 5.39 Å². The van der Waals surface area contributed by atoms with Gasteiger partial charge in [-0.25, -0.2) is 0 Å². The van der Waals surface area contributed by atoms with E-state index in [1.807, 2.05) is 18.2 Å². The molecule has 0 saturated carbocycles. The number of phenolic OH excluding ortho intramolecular Hbond substituents is 2. The quantitative estimate of drug-likeness (QED) is 0.421. The lowest BCUT2D eigenvalue weighted by atomic mass is 10.1. The molecule has 0 radical (unpaired) electrons. The Morgan fingerprint density at radius 2 is 1.41 bits per heavy atom. The molecule has 0 aliphatic carbocycles. The smallest absolute Gasteiger partial charge is 0.394 e. The maximum atomic E-state index is 9.41. The predicted molar refractivity (Wildman–Crippen MR) is 61.5 cm³/mol. The SMILES string of the molecule is O=S(=O)(O)O.Oc1ccc2ccccc2c1O. The van der Waals surface area contributed by atoms with Gasteiger partial charge in [0.05, 0.1) is 0 Å². The standard InChI is InChI=1S/C10H8O2.H2O4S/c11-9-6-5-7-3-1-2-4-8(7)10(9)12;1-5(2,3)4/h1-6,11-12H;(H2,1,2,3,4). The highest BCUT2D eigenvalue weighted by molar-refractivity contribution is 7.79. The summed E-state index contributed by atoms with van der Waals surface area (Å²) in [7, 11) is -4.67. The Morgan fingerprint density at radius 1 is 0.882 bits per heavy atom. The highest BCUT2D eigenvalue weighted by atomic mass is 32.3. The van der Waals surface area contributed by atoms with Crippen LogP contribution in [-0.2, 0) is 10.4 Å². The first-order valence-corrected chi connectivity index (χ1v) is 5.78. The molecule has 0 amide bonds. The third kappa shape index (κ3) is 4.27. The van der Waals surface area contributed by atoms with Crippen LogP contribution in [0, 0.1) is 0 Å². The molecule has 0 aliphatic rings. The molecule has 0 heterocycles. The van der Waals surface area contributed by atoms with Crippen molar-refractivity contribution in [1.29, 1.82) is 0 Å². The first kappa shape index (κ1) is 13.2. The molecule has 0 unspecified atom stereocenters. The van der Waals surface area contributed by atoms with Gasteiger partial charge in [0.15, 0.2) is 11.5 Å². The number of hydrogen-bond acceptors (Lipinski definition) is 4. The van der Waals surface area contributed by atoms with E-state index in [9.17, 15) is 5.11 Å². The van der Waals surface area contributed by atoms with Gasteiger partial charge in [0.2, 0.25) is 0 Å². The maximum absolute atomic E-state index is 9.41. The first-order chi connectivity index (χ1) is 7.79. The lowest BCUT2D eigenvalue weighted by Crippen LogP contribution is -1.89. The monoisotopic (exact) mass is 258 g/mol. The third-order valence-corrected chi connectivity index (χ3v) is 1.88. The van der Waals surface area contributed by atoms with E-state index in [0.717, 1.165) is 5.39 Å². The Kier molecular flexibility index (Phi) is 3.89. The molecule has 6 nitrogen and oxygen atoms in total. The highest BCUT2D eigenvalue weighted by Gasteiger charge is 2.02. The van der Waals surface area contributed by atoms with Crippen LogP contribution in [-0.4, -0.2) is 27.7 Å². The summed E-state index contributed by atoms with van der Waals surface area (Å²) in [5, 5.41) is 20.2. The second-order valence-corrected chi connectivity index (χ2v) is 4.00. The summed E-state index contributed by atoms with van der Waals surface area (Å²) in [5.74, 6) is -0.123. The van der Waals surface area contributed by atoms with Crippen LogP contribution in [0.5, 0.6) is 11.5 Å².